The van der Waals surface area contributed by atoms with E-state index in [0.717, 1.165) is 68.1 Å². The van der Waals surface area contributed by atoms with Gasteiger partial charge in [0.1, 0.15) is 30.0 Å². The van der Waals surface area contributed by atoms with Crippen molar-refractivity contribution in [3.63, 3.8) is 0 Å². The van der Waals surface area contributed by atoms with Crippen LogP contribution in [-0.2, 0) is 4.74 Å². The summed E-state index contributed by atoms with van der Waals surface area (Å²) < 4.78 is 18.6. The Morgan fingerprint density at radius 3 is 2.44 bits per heavy atom. The maximum absolute atomic E-state index is 10.1. The number of allylic oxidation sites excluding steroid dienone is 1. The largest absolute Gasteiger partial charge is 0.508 e. The average Bonchev–Trinajstić information content (AvgIpc) is 2.90. The van der Waals surface area contributed by atoms with Gasteiger partial charge in [-0.05, 0) is 112 Å². The third-order valence-corrected chi connectivity index (χ3v) is 8.15. The van der Waals surface area contributed by atoms with Gasteiger partial charge in [-0.2, -0.15) is 0 Å². The number of hydrogen-bond acceptors (Lipinski definition) is 5. The highest BCUT2D eigenvalue weighted by Crippen LogP contribution is 2.49. The van der Waals surface area contributed by atoms with Gasteiger partial charge in [0, 0.05) is 24.8 Å². The molecule has 0 unspecified atom stereocenters. The fourth-order valence-electron chi connectivity index (χ4n) is 6.22. The summed E-state index contributed by atoms with van der Waals surface area (Å²) in [5.74, 6) is 2.36. The molecule has 2 heterocycles. The molecule has 1 N–H and O–H groups in total. The molecular formula is C31H41NO4. The Bertz CT molecular complexity index is 1030. The fourth-order valence-corrected chi connectivity index (χ4v) is 6.22. The Labute approximate surface area is 216 Å². The smallest absolute Gasteiger partial charge is 0.146 e. The predicted molar refractivity (Wildman–Crippen MR) is 144 cm³/mol. The van der Waals surface area contributed by atoms with Crippen molar-refractivity contribution in [2.75, 3.05) is 32.8 Å². The maximum atomic E-state index is 10.1. The molecule has 2 aliphatic heterocycles. The van der Waals surface area contributed by atoms with Gasteiger partial charge < -0.3 is 19.3 Å². The van der Waals surface area contributed by atoms with Crippen molar-refractivity contribution < 1.29 is 19.3 Å². The molecule has 2 aromatic rings. The molecule has 0 spiro atoms. The zero-order valence-electron chi connectivity index (χ0n) is 21.9. The summed E-state index contributed by atoms with van der Waals surface area (Å²) >= 11 is 0. The number of phenolic OH excluding ortho intramolecular Hbond substituents is 1. The number of benzene rings is 2. The summed E-state index contributed by atoms with van der Waals surface area (Å²) in [5, 5.41) is 10.1. The van der Waals surface area contributed by atoms with Crippen LogP contribution in [0.25, 0.3) is 5.57 Å². The second kappa shape index (κ2) is 11.7. The summed E-state index contributed by atoms with van der Waals surface area (Å²) in [6.45, 7) is 9.18. The van der Waals surface area contributed by atoms with Crippen LogP contribution >= 0.6 is 0 Å². The van der Waals surface area contributed by atoms with Crippen LogP contribution in [0, 0.1) is 5.92 Å². The molecule has 5 heteroatoms. The SMILES string of the molecule is CCOC1CCC(C2=C(C)c3ccc(O)cc3O[C@H]2c2ccc(OCCN3CCCCC3)cc2)CC1. The van der Waals surface area contributed by atoms with Crippen molar-refractivity contribution in [2.24, 2.45) is 5.92 Å². The molecule has 194 valence electrons. The molecule has 5 rings (SSSR count). The van der Waals surface area contributed by atoms with Crippen LogP contribution in [0.2, 0.25) is 0 Å². The molecular weight excluding hydrogens is 450 g/mol. The summed E-state index contributed by atoms with van der Waals surface area (Å²) in [6, 6.07) is 13.9. The van der Waals surface area contributed by atoms with Gasteiger partial charge in [0.05, 0.1) is 6.10 Å². The summed E-state index contributed by atoms with van der Waals surface area (Å²) in [5.41, 5.74) is 4.88. The van der Waals surface area contributed by atoms with Crippen LogP contribution in [0.15, 0.2) is 48.0 Å². The number of likely N-dealkylation sites (tertiary alicyclic amines) is 1. The Balaban J connectivity index is 1.33. The molecule has 2 fully saturated rings. The molecule has 1 saturated carbocycles. The van der Waals surface area contributed by atoms with Crippen LogP contribution in [0.5, 0.6) is 17.2 Å². The second-order valence-corrected chi connectivity index (χ2v) is 10.5. The molecule has 0 radical (unpaired) electrons. The highest BCUT2D eigenvalue weighted by atomic mass is 16.5. The first-order valence-electron chi connectivity index (χ1n) is 13.9. The van der Waals surface area contributed by atoms with Gasteiger partial charge >= 0.3 is 0 Å². The lowest BCUT2D eigenvalue weighted by molar-refractivity contribution is 0.0271. The number of aromatic hydroxyl groups is 1. The standard InChI is InChI=1S/C31H41NO4/c1-3-34-26-12-7-23(8-13-26)30-22(2)28-16-11-25(33)21-29(28)36-31(30)24-9-14-27(15-10-24)35-20-19-32-17-5-4-6-18-32/h9-11,14-16,21,23,26,31,33H,3-8,12-13,17-20H2,1-2H3/t23?,26?,31-/m0/s1. The second-order valence-electron chi connectivity index (χ2n) is 10.5. The molecule has 0 aromatic heterocycles. The average molecular weight is 492 g/mol. The molecule has 2 aromatic carbocycles. The van der Waals surface area contributed by atoms with E-state index in [-0.39, 0.29) is 11.9 Å². The third-order valence-electron chi connectivity index (χ3n) is 8.15. The van der Waals surface area contributed by atoms with E-state index in [4.69, 9.17) is 14.2 Å². The molecule has 36 heavy (non-hydrogen) atoms. The Morgan fingerprint density at radius 1 is 0.972 bits per heavy atom. The summed E-state index contributed by atoms with van der Waals surface area (Å²) in [6.07, 6.45) is 8.60. The van der Waals surface area contributed by atoms with Crippen molar-refractivity contribution >= 4 is 5.57 Å². The Morgan fingerprint density at radius 2 is 1.72 bits per heavy atom. The van der Waals surface area contributed by atoms with Crippen molar-refractivity contribution in [2.45, 2.75) is 71.0 Å². The first-order chi connectivity index (χ1) is 17.6. The Kier molecular flexibility index (Phi) is 8.18. The van der Waals surface area contributed by atoms with E-state index in [0.29, 0.717) is 12.0 Å². The lowest BCUT2D eigenvalue weighted by Crippen LogP contribution is -2.33. The summed E-state index contributed by atoms with van der Waals surface area (Å²) in [4.78, 5) is 2.50. The quantitative estimate of drug-likeness (QED) is 0.442. The van der Waals surface area contributed by atoms with Gasteiger partial charge in [-0.25, -0.2) is 0 Å². The number of ether oxygens (including phenoxy) is 3. The molecule has 1 atom stereocenters. The number of fused-ring (bicyclic) bond motifs is 1. The van der Waals surface area contributed by atoms with Crippen molar-refractivity contribution in [3.8, 4) is 17.2 Å². The minimum absolute atomic E-state index is 0.157. The Hall–Kier alpha value is -2.50. The van der Waals surface area contributed by atoms with Gasteiger partial charge in [-0.3, -0.25) is 4.90 Å². The predicted octanol–water partition coefficient (Wildman–Crippen LogP) is 6.76. The van der Waals surface area contributed by atoms with Crippen molar-refractivity contribution in [1.29, 1.82) is 0 Å². The molecule has 1 saturated heterocycles. The monoisotopic (exact) mass is 491 g/mol. The molecule has 0 amide bonds. The first-order valence-corrected chi connectivity index (χ1v) is 13.9. The molecule has 3 aliphatic rings. The maximum Gasteiger partial charge on any atom is 0.146 e. The van der Waals surface area contributed by atoms with E-state index in [1.165, 1.54) is 43.5 Å². The number of nitrogens with zero attached hydrogens (tertiary/aromatic N) is 1. The molecule has 1 aliphatic carbocycles. The van der Waals surface area contributed by atoms with Gasteiger partial charge in [0.15, 0.2) is 0 Å². The van der Waals surface area contributed by atoms with E-state index in [2.05, 4.69) is 43.0 Å². The highest BCUT2D eigenvalue weighted by Gasteiger charge is 2.35. The van der Waals surface area contributed by atoms with Crippen LogP contribution in [0.3, 0.4) is 0 Å². The lowest BCUT2D eigenvalue weighted by Gasteiger charge is -2.38. The van der Waals surface area contributed by atoms with Gasteiger partial charge in [-0.1, -0.05) is 18.6 Å². The number of hydrogen-bond donors (Lipinski definition) is 1. The van der Waals surface area contributed by atoms with E-state index >= 15 is 0 Å². The zero-order valence-corrected chi connectivity index (χ0v) is 21.9. The van der Waals surface area contributed by atoms with E-state index < -0.39 is 0 Å². The molecule has 0 bridgehead atoms. The topological polar surface area (TPSA) is 51.2 Å². The minimum atomic E-state index is -0.157. The fraction of sp³-hybridized carbons (Fsp3) is 0.548. The van der Waals surface area contributed by atoms with Crippen molar-refractivity contribution in [1.82, 2.24) is 4.90 Å². The highest BCUT2D eigenvalue weighted by molar-refractivity contribution is 5.75. The first kappa shape index (κ1) is 25.2. The van der Waals surface area contributed by atoms with E-state index in [1.54, 1.807) is 12.1 Å². The van der Waals surface area contributed by atoms with Crippen LogP contribution in [0.1, 0.15) is 76.0 Å². The zero-order chi connectivity index (χ0) is 24.9. The van der Waals surface area contributed by atoms with Gasteiger partial charge in [0.25, 0.3) is 0 Å². The van der Waals surface area contributed by atoms with Crippen LogP contribution < -0.4 is 9.47 Å². The van der Waals surface area contributed by atoms with Gasteiger partial charge in [0.2, 0.25) is 0 Å². The number of phenols is 1. The van der Waals surface area contributed by atoms with Gasteiger partial charge in [-0.15, -0.1) is 0 Å². The lowest BCUT2D eigenvalue weighted by atomic mass is 9.75. The van der Waals surface area contributed by atoms with Crippen LogP contribution in [-0.4, -0.2) is 49.0 Å². The minimum Gasteiger partial charge on any atom is -0.508 e. The molecule has 5 nitrogen and oxygen atoms in total. The van der Waals surface area contributed by atoms with E-state index in [9.17, 15) is 5.11 Å². The normalized spacial score (nSPS) is 24.8. The third kappa shape index (κ3) is 5.73. The van der Waals surface area contributed by atoms with Crippen LogP contribution in [0.4, 0.5) is 0 Å². The number of rotatable bonds is 8. The van der Waals surface area contributed by atoms with Crippen molar-refractivity contribution in [3.05, 3.63) is 59.2 Å². The van der Waals surface area contributed by atoms with E-state index in [1.807, 2.05) is 6.07 Å². The summed E-state index contributed by atoms with van der Waals surface area (Å²) in [7, 11) is 0. The number of piperidine rings is 1.